The van der Waals surface area contributed by atoms with Gasteiger partial charge in [-0.3, -0.25) is 9.48 Å². The van der Waals surface area contributed by atoms with E-state index in [0.29, 0.717) is 0 Å². The molecule has 0 atom stereocenters. The number of aryl methyl sites for hydroxylation is 1. The Morgan fingerprint density at radius 1 is 1.67 bits per heavy atom. The molecule has 0 fully saturated rings. The standard InChI is InChI=1S/C12H15BrN4O/c1-4-17-12(13)9(7-15-17)5-11(18)10(6-14)8-16(2)3/h7-8H,4-5H2,1-3H3/b10-8-. The van der Waals surface area contributed by atoms with Crippen LogP contribution < -0.4 is 0 Å². The molecule has 1 aromatic rings. The normalized spacial score (nSPS) is 11.2. The fourth-order valence-electron chi connectivity index (χ4n) is 1.44. The molecule has 0 N–H and O–H groups in total. The Morgan fingerprint density at radius 2 is 2.33 bits per heavy atom. The molecule has 0 spiro atoms. The van der Waals surface area contributed by atoms with E-state index >= 15 is 0 Å². The maximum absolute atomic E-state index is 12.0. The molecule has 6 heteroatoms. The highest BCUT2D eigenvalue weighted by Crippen LogP contribution is 2.18. The van der Waals surface area contributed by atoms with Gasteiger partial charge in [0.1, 0.15) is 16.2 Å². The Labute approximate surface area is 115 Å². The first-order chi connectivity index (χ1) is 8.49. The molecule has 5 nitrogen and oxygen atoms in total. The van der Waals surface area contributed by atoms with Crippen LogP contribution in [0.1, 0.15) is 12.5 Å². The van der Waals surface area contributed by atoms with Crippen molar-refractivity contribution in [1.29, 1.82) is 5.26 Å². The summed E-state index contributed by atoms with van der Waals surface area (Å²) < 4.78 is 2.55. The molecule has 0 aliphatic rings. The predicted octanol–water partition coefficient (Wildman–Crippen LogP) is 1.75. The molecule has 96 valence electrons. The van der Waals surface area contributed by atoms with Gasteiger partial charge in [-0.15, -0.1) is 0 Å². The highest BCUT2D eigenvalue weighted by Gasteiger charge is 2.15. The van der Waals surface area contributed by atoms with Gasteiger partial charge >= 0.3 is 0 Å². The van der Waals surface area contributed by atoms with Crippen molar-refractivity contribution in [2.24, 2.45) is 0 Å². The SMILES string of the molecule is CCn1ncc(CC(=O)/C(C#N)=C\N(C)C)c1Br. The summed E-state index contributed by atoms with van der Waals surface area (Å²) in [6.07, 6.45) is 3.35. The van der Waals surface area contributed by atoms with Gasteiger partial charge in [0.05, 0.1) is 6.20 Å². The Morgan fingerprint density at radius 3 is 2.78 bits per heavy atom. The zero-order chi connectivity index (χ0) is 13.7. The molecular formula is C12H15BrN4O. The van der Waals surface area contributed by atoms with Crippen LogP contribution in [-0.4, -0.2) is 34.6 Å². The van der Waals surface area contributed by atoms with Gasteiger partial charge in [-0.1, -0.05) is 0 Å². The van der Waals surface area contributed by atoms with Crippen LogP contribution >= 0.6 is 15.9 Å². The fraction of sp³-hybridized carbons (Fsp3) is 0.417. The van der Waals surface area contributed by atoms with Gasteiger partial charge in [-0.05, 0) is 22.9 Å². The molecule has 0 radical (unpaired) electrons. The average molecular weight is 311 g/mol. The predicted molar refractivity (Wildman–Crippen MR) is 71.7 cm³/mol. The van der Waals surface area contributed by atoms with Crippen molar-refractivity contribution in [3.05, 3.63) is 28.1 Å². The van der Waals surface area contributed by atoms with E-state index in [0.717, 1.165) is 16.7 Å². The molecule has 0 saturated carbocycles. The summed E-state index contributed by atoms with van der Waals surface area (Å²) >= 11 is 3.40. The van der Waals surface area contributed by atoms with Crippen LogP contribution in [-0.2, 0) is 17.8 Å². The van der Waals surface area contributed by atoms with E-state index in [9.17, 15) is 4.79 Å². The van der Waals surface area contributed by atoms with Crippen LogP contribution in [0, 0.1) is 11.3 Å². The minimum Gasteiger partial charge on any atom is -0.382 e. The van der Waals surface area contributed by atoms with Gasteiger partial charge in [0, 0.05) is 38.8 Å². The van der Waals surface area contributed by atoms with Gasteiger partial charge in [-0.25, -0.2) is 0 Å². The summed E-state index contributed by atoms with van der Waals surface area (Å²) in [5.74, 6) is -0.206. The van der Waals surface area contributed by atoms with Gasteiger partial charge in [0.2, 0.25) is 0 Å². The van der Waals surface area contributed by atoms with Gasteiger partial charge in [-0.2, -0.15) is 10.4 Å². The van der Waals surface area contributed by atoms with Crippen LogP contribution in [0.15, 0.2) is 22.6 Å². The fourth-order valence-corrected chi connectivity index (χ4v) is 2.02. The van der Waals surface area contributed by atoms with E-state index in [1.54, 1.807) is 29.9 Å². The first-order valence-corrected chi connectivity index (χ1v) is 6.30. The summed E-state index contributed by atoms with van der Waals surface area (Å²) in [6.45, 7) is 2.70. The number of carbonyl (C=O) groups is 1. The number of hydrogen-bond acceptors (Lipinski definition) is 4. The summed E-state index contributed by atoms with van der Waals surface area (Å²) in [6, 6.07) is 1.92. The van der Waals surface area contributed by atoms with Crippen molar-refractivity contribution in [2.45, 2.75) is 19.9 Å². The molecule has 0 aromatic carbocycles. The number of nitrogens with zero attached hydrogens (tertiary/aromatic N) is 4. The Balaban J connectivity index is 2.88. The first-order valence-electron chi connectivity index (χ1n) is 5.51. The second kappa shape index (κ2) is 6.36. The summed E-state index contributed by atoms with van der Waals surface area (Å²) in [4.78, 5) is 13.6. The number of rotatable bonds is 5. The van der Waals surface area contributed by atoms with Crippen molar-refractivity contribution in [1.82, 2.24) is 14.7 Å². The number of ketones is 1. The van der Waals surface area contributed by atoms with Crippen LogP contribution in [0.25, 0.3) is 0 Å². The molecule has 0 saturated heterocycles. The number of halogens is 1. The van der Waals surface area contributed by atoms with Gasteiger partial charge in [0.25, 0.3) is 0 Å². The van der Waals surface area contributed by atoms with E-state index in [4.69, 9.17) is 5.26 Å². The minimum atomic E-state index is -0.206. The Hall–Kier alpha value is -1.61. The second-order valence-electron chi connectivity index (χ2n) is 3.99. The molecule has 1 rings (SSSR count). The minimum absolute atomic E-state index is 0.149. The number of allylic oxidation sites excluding steroid dienone is 1. The molecule has 0 aliphatic heterocycles. The lowest BCUT2D eigenvalue weighted by Gasteiger charge is -2.05. The monoisotopic (exact) mass is 310 g/mol. The third-order valence-electron chi connectivity index (χ3n) is 2.30. The van der Waals surface area contributed by atoms with Crippen molar-refractivity contribution in [2.75, 3.05) is 14.1 Å². The highest BCUT2D eigenvalue weighted by atomic mass is 79.9. The van der Waals surface area contributed by atoms with Crippen molar-refractivity contribution in [3.63, 3.8) is 0 Å². The third-order valence-corrected chi connectivity index (χ3v) is 3.22. The number of nitriles is 1. The third kappa shape index (κ3) is 3.44. The molecule has 1 aromatic heterocycles. The van der Waals surface area contributed by atoms with Crippen molar-refractivity contribution >= 4 is 21.7 Å². The lowest BCUT2D eigenvalue weighted by molar-refractivity contribution is -0.114. The van der Waals surface area contributed by atoms with E-state index < -0.39 is 0 Å². The summed E-state index contributed by atoms with van der Waals surface area (Å²) in [7, 11) is 3.55. The molecule has 0 bridgehead atoms. The Bertz CT molecular complexity index is 511. The lowest BCUT2D eigenvalue weighted by atomic mass is 10.1. The molecule has 18 heavy (non-hydrogen) atoms. The molecule has 1 heterocycles. The highest BCUT2D eigenvalue weighted by molar-refractivity contribution is 9.10. The van der Waals surface area contributed by atoms with Crippen molar-refractivity contribution < 1.29 is 4.79 Å². The number of Topliss-reactive ketones (excluding diaryl/α,β-unsaturated/α-hetero) is 1. The molecule has 0 aliphatic carbocycles. The largest absolute Gasteiger partial charge is 0.382 e. The summed E-state index contributed by atoms with van der Waals surface area (Å²) in [5.41, 5.74) is 0.943. The molecular weight excluding hydrogens is 296 g/mol. The molecule has 0 unspecified atom stereocenters. The van der Waals surface area contributed by atoms with Crippen LogP contribution in [0.4, 0.5) is 0 Å². The number of aromatic nitrogens is 2. The maximum atomic E-state index is 12.0. The van der Waals surface area contributed by atoms with Crippen molar-refractivity contribution in [3.8, 4) is 6.07 Å². The zero-order valence-electron chi connectivity index (χ0n) is 10.6. The molecule has 0 amide bonds. The Kier molecular flexibility index (Phi) is 5.10. The van der Waals surface area contributed by atoms with Crippen LogP contribution in [0.3, 0.4) is 0 Å². The lowest BCUT2D eigenvalue weighted by Crippen LogP contribution is -2.10. The maximum Gasteiger partial charge on any atom is 0.179 e. The summed E-state index contributed by atoms with van der Waals surface area (Å²) in [5, 5.41) is 13.1. The average Bonchev–Trinajstić information content (AvgIpc) is 2.67. The van der Waals surface area contributed by atoms with E-state index in [2.05, 4.69) is 21.0 Å². The second-order valence-corrected chi connectivity index (χ2v) is 4.75. The topological polar surface area (TPSA) is 61.9 Å². The number of carbonyl (C=O) groups excluding carboxylic acids is 1. The van der Waals surface area contributed by atoms with E-state index in [1.807, 2.05) is 13.0 Å². The van der Waals surface area contributed by atoms with Crippen LogP contribution in [0.2, 0.25) is 0 Å². The first kappa shape index (κ1) is 14.5. The van der Waals surface area contributed by atoms with Crippen LogP contribution in [0.5, 0.6) is 0 Å². The van der Waals surface area contributed by atoms with E-state index in [-0.39, 0.29) is 17.8 Å². The zero-order valence-corrected chi connectivity index (χ0v) is 12.2. The van der Waals surface area contributed by atoms with Gasteiger partial charge < -0.3 is 4.90 Å². The van der Waals surface area contributed by atoms with E-state index in [1.165, 1.54) is 6.20 Å². The van der Waals surface area contributed by atoms with Gasteiger partial charge in [0.15, 0.2) is 5.78 Å². The quantitative estimate of drug-likeness (QED) is 0.614. The number of hydrogen-bond donors (Lipinski definition) is 0. The smallest absolute Gasteiger partial charge is 0.179 e.